The third-order valence-corrected chi connectivity index (χ3v) is 4.34. The van der Waals surface area contributed by atoms with Crippen LogP contribution in [0.5, 0.6) is 0 Å². The summed E-state index contributed by atoms with van der Waals surface area (Å²) in [6, 6.07) is 6.10. The lowest BCUT2D eigenvalue weighted by atomic mass is 9.97. The van der Waals surface area contributed by atoms with Crippen molar-refractivity contribution in [2.24, 2.45) is 17.6 Å². The van der Waals surface area contributed by atoms with E-state index in [1.165, 1.54) is 24.8 Å². The fourth-order valence-electron chi connectivity index (χ4n) is 2.87. The fourth-order valence-corrected chi connectivity index (χ4v) is 3.04. The van der Waals surface area contributed by atoms with Crippen LogP contribution in [0.15, 0.2) is 18.2 Å². The Balaban J connectivity index is 2.11. The molecule has 1 saturated carbocycles. The number of nitrogens with one attached hydrogen (secondary N) is 1. The van der Waals surface area contributed by atoms with Gasteiger partial charge in [-0.25, -0.2) is 0 Å². The molecule has 3 heteroatoms. The van der Waals surface area contributed by atoms with Crippen LogP contribution in [-0.4, -0.2) is 11.5 Å². The molecule has 1 aliphatic carbocycles. The molecule has 98 valence electrons. The molecule has 0 aliphatic heterocycles. The van der Waals surface area contributed by atoms with Crippen molar-refractivity contribution in [2.45, 2.75) is 33.1 Å². The zero-order valence-corrected chi connectivity index (χ0v) is 12.0. The van der Waals surface area contributed by atoms with Gasteiger partial charge in [-0.15, -0.1) is 0 Å². The first-order chi connectivity index (χ1) is 8.59. The van der Waals surface area contributed by atoms with E-state index in [4.69, 9.17) is 18.0 Å². The van der Waals surface area contributed by atoms with E-state index in [1.807, 2.05) is 12.1 Å². The molecule has 2 nitrogen and oxygen atoms in total. The average molecular weight is 262 g/mol. The zero-order valence-electron chi connectivity index (χ0n) is 11.2. The number of aryl methyl sites for hydroxylation is 1. The summed E-state index contributed by atoms with van der Waals surface area (Å²) in [5, 5.41) is 3.57. The number of anilines is 1. The molecule has 18 heavy (non-hydrogen) atoms. The Morgan fingerprint density at radius 2 is 2.22 bits per heavy atom. The van der Waals surface area contributed by atoms with E-state index in [-0.39, 0.29) is 0 Å². The average Bonchev–Trinajstić information content (AvgIpc) is 2.73. The fraction of sp³-hybridized carbons (Fsp3) is 0.533. The Morgan fingerprint density at radius 1 is 1.44 bits per heavy atom. The van der Waals surface area contributed by atoms with Gasteiger partial charge in [0.25, 0.3) is 0 Å². The second-order valence-corrected chi connectivity index (χ2v) is 5.85. The van der Waals surface area contributed by atoms with Crippen molar-refractivity contribution in [1.82, 2.24) is 0 Å². The number of rotatable bonds is 4. The van der Waals surface area contributed by atoms with Crippen LogP contribution >= 0.6 is 12.2 Å². The van der Waals surface area contributed by atoms with E-state index in [0.717, 1.165) is 29.6 Å². The Bertz CT molecular complexity index is 442. The largest absolute Gasteiger partial charge is 0.389 e. The van der Waals surface area contributed by atoms with Crippen molar-refractivity contribution in [1.29, 1.82) is 0 Å². The van der Waals surface area contributed by atoms with E-state index in [1.54, 1.807) is 0 Å². The maximum atomic E-state index is 5.79. The third kappa shape index (κ3) is 2.83. The van der Waals surface area contributed by atoms with Crippen LogP contribution in [0.25, 0.3) is 0 Å². The van der Waals surface area contributed by atoms with Crippen molar-refractivity contribution in [3.05, 3.63) is 29.3 Å². The molecule has 0 radical (unpaired) electrons. The second-order valence-electron chi connectivity index (χ2n) is 5.41. The first-order valence-corrected chi connectivity index (χ1v) is 7.13. The lowest BCUT2D eigenvalue weighted by Gasteiger charge is -2.19. The minimum Gasteiger partial charge on any atom is -0.389 e. The Kier molecular flexibility index (Phi) is 4.23. The van der Waals surface area contributed by atoms with Crippen LogP contribution in [0, 0.1) is 18.8 Å². The van der Waals surface area contributed by atoms with Gasteiger partial charge in [0.1, 0.15) is 4.99 Å². The van der Waals surface area contributed by atoms with Crippen molar-refractivity contribution in [3.63, 3.8) is 0 Å². The minimum atomic E-state index is 0.473. The molecule has 1 fully saturated rings. The highest BCUT2D eigenvalue weighted by Crippen LogP contribution is 2.32. The van der Waals surface area contributed by atoms with Gasteiger partial charge in [-0.1, -0.05) is 44.1 Å². The van der Waals surface area contributed by atoms with E-state index in [2.05, 4.69) is 25.2 Å². The van der Waals surface area contributed by atoms with Gasteiger partial charge in [-0.05, 0) is 36.8 Å². The smallest absolute Gasteiger partial charge is 0.106 e. The second kappa shape index (κ2) is 5.70. The molecule has 0 aromatic heterocycles. The van der Waals surface area contributed by atoms with Crippen LogP contribution in [0.2, 0.25) is 0 Å². The van der Waals surface area contributed by atoms with Gasteiger partial charge in [-0.3, -0.25) is 0 Å². The number of nitrogens with two attached hydrogens (primary N) is 1. The van der Waals surface area contributed by atoms with Gasteiger partial charge in [-0.2, -0.15) is 0 Å². The summed E-state index contributed by atoms with van der Waals surface area (Å²) in [7, 11) is 0. The number of thiocarbonyl (C=S) groups is 1. The topological polar surface area (TPSA) is 38.0 Å². The summed E-state index contributed by atoms with van der Waals surface area (Å²) in [6.45, 7) is 5.48. The summed E-state index contributed by atoms with van der Waals surface area (Å²) in [6.07, 6.45) is 4.06. The van der Waals surface area contributed by atoms with Crippen molar-refractivity contribution in [2.75, 3.05) is 11.9 Å². The number of para-hydroxylation sites is 1. The summed E-state index contributed by atoms with van der Waals surface area (Å²) < 4.78 is 0. The highest BCUT2D eigenvalue weighted by atomic mass is 32.1. The van der Waals surface area contributed by atoms with E-state index < -0.39 is 0 Å². The Morgan fingerprint density at radius 3 is 2.83 bits per heavy atom. The van der Waals surface area contributed by atoms with Gasteiger partial charge < -0.3 is 11.1 Å². The highest BCUT2D eigenvalue weighted by Gasteiger charge is 2.23. The molecule has 3 N–H and O–H groups in total. The highest BCUT2D eigenvalue weighted by molar-refractivity contribution is 7.80. The van der Waals surface area contributed by atoms with Crippen LogP contribution in [-0.2, 0) is 0 Å². The van der Waals surface area contributed by atoms with Gasteiger partial charge >= 0.3 is 0 Å². The Hall–Kier alpha value is -1.09. The maximum Gasteiger partial charge on any atom is 0.106 e. The molecule has 2 atom stereocenters. The van der Waals surface area contributed by atoms with Gasteiger partial charge in [0.05, 0.1) is 0 Å². The summed E-state index contributed by atoms with van der Waals surface area (Å²) in [5.41, 5.74) is 9.08. The third-order valence-electron chi connectivity index (χ3n) is 4.12. The summed E-state index contributed by atoms with van der Waals surface area (Å²) in [4.78, 5) is 0.473. The molecule has 2 unspecified atom stereocenters. The standard InChI is InChI=1S/C15H22N2S/c1-10-5-3-7-12(10)9-17-14-11(2)6-4-8-13(14)15(16)18/h4,6,8,10,12,17H,3,5,7,9H2,1-2H3,(H2,16,18). The van der Waals surface area contributed by atoms with Crippen molar-refractivity contribution < 1.29 is 0 Å². The predicted octanol–water partition coefficient (Wildman–Crippen LogP) is 3.48. The predicted molar refractivity (Wildman–Crippen MR) is 82.1 cm³/mol. The zero-order chi connectivity index (χ0) is 13.1. The van der Waals surface area contributed by atoms with Crippen LogP contribution in [0.3, 0.4) is 0 Å². The van der Waals surface area contributed by atoms with Gasteiger partial charge in [0, 0.05) is 17.8 Å². The molecule has 1 aromatic carbocycles. The number of hydrogen-bond donors (Lipinski definition) is 2. The minimum absolute atomic E-state index is 0.473. The maximum absolute atomic E-state index is 5.79. The number of hydrogen-bond acceptors (Lipinski definition) is 2. The van der Waals surface area contributed by atoms with Crippen molar-refractivity contribution in [3.8, 4) is 0 Å². The van der Waals surface area contributed by atoms with Crippen LogP contribution in [0.1, 0.15) is 37.3 Å². The molecular formula is C15H22N2S. The first kappa shape index (κ1) is 13.3. The molecule has 1 aromatic rings. The van der Waals surface area contributed by atoms with Crippen molar-refractivity contribution >= 4 is 22.9 Å². The monoisotopic (exact) mass is 262 g/mol. The lowest BCUT2D eigenvalue weighted by molar-refractivity contribution is 0.439. The molecule has 0 bridgehead atoms. The van der Waals surface area contributed by atoms with Gasteiger partial charge in [0.15, 0.2) is 0 Å². The van der Waals surface area contributed by atoms with Gasteiger partial charge in [0.2, 0.25) is 0 Å². The number of benzene rings is 1. The molecule has 0 spiro atoms. The quantitative estimate of drug-likeness (QED) is 0.816. The molecule has 0 amide bonds. The SMILES string of the molecule is Cc1cccc(C(N)=S)c1NCC1CCCC1C. The van der Waals surface area contributed by atoms with E-state index >= 15 is 0 Å². The van der Waals surface area contributed by atoms with Crippen LogP contribution in [0.4, 0.5) is 5.69 Å². The summed E-state index contributed by atoms with van der Waals surface area (Å²) >= 11 is 5.12. The molecule has 0 saturated heterocycles. The molecular weight excluding hydrogens is 240 g/mol. The van der Waals surface area contributed by atoms with E-state index in [9.17, 15) is 0 Å². The Labute approximate surface area is 115 Å². The summed E-state index contributed by atoms with van der Waals surface area (Å²) in [5.74, 6) is 1.61. The molecule has 0 heterocycles. The van der Waals surface area contributed by atoms with Crippen LogP contribution < -0.4 is 11.1 Å². The molecule has 1 aliphatic rings. The first-order valence-electron chi connectivity index (χ1n) is 6.73. The normalized spacial score (nSPS) is 23.0. The van der Waals surface area contributed by atoms with E-state index in [0.29, 0.717) is 4.99 Å². The molecule has 2 rings (SSSR count). The lowest BCUT2D eigenvalue weighted by Crippen LogP contribution is -2.20.